The number of benzene rings is 1. The zero-order valence-electron chi connectivity index (χ0n) is 12.5. The number of thioether (sulfide) groups is 1. The summed E-state index contributed by atoms with van der Waals surface area (Å²) in [6.07, 6.45) is 1.19. The van der Waals surface area contributed by atoms with E-state index in [0.717, 1.165) is 11.3 Å². The number of aliphatic hydroxyl groups is 1. The lowest BCUT2D eigenvalue weighted by Crippen LogP contribution is -2.41. The van der Waals surface area contributed by atoms with Crippen LogP contribution in [-0.2, 0) is 4.79 Å². The molecule has 2 atom stereocenters. The molecule has 1 saturated heterocycles. The summed E-state index contributed by atoms with van der Waals surface area (Å²) in [6, 6.07) is 10.1. The lowest BCUT2D eigenvalue weighted by Gasteiger charge is -2.22. The summed E-state index contributed by atoms with van der Waals surface area (Å²) in [5, 5.41) is 12.9. The monoisotopic (exact) mass is 308 g/mol. The maximum Gasteiger partial charge on any atom is 0.234 e. The van der Waals surface area contributed by atoms with Gasteiger partial charge in [-0.05, 0) is 31.2 Å². The molecule has 1 aliphatic rings. The third-order valence-corrected chi connectivity index (χ3v) is 4.99. The second-order valence-electron chi connectivity index (χ2n) is 5.50. The summed E-state index contributed by atoms with van der Waals surface area (Å²) in [7, 11) is 2.01. The minimum atomic E-state index is -0.518. The Morgan fingerprint density at radius 3 is 2.90 bits per heavy atom. The maximum atomic E-state index is 11.9. The first kappa shape index (κ1) is 16.3. The molecule has 1 aromatic carbocycles. The van der Waals surface area contributed by atoms with E-state index in [1.807, 2.05) is 49.1 Å². The van der Waals surface area contributed by atoms with Crippen LogP contribution in [0.5, 0.6) is 0 Å². The third-order valence-electron chi connectivity index (χ3n) is 3.85. The van der Waals surface area contributed by atoms with Crippen LogP contribution in [-0.4, -0.2) is 53.6 Å². The summed E-state index contributed by atoms with van der Waals surface area (Å²) in [4.78, 5) is 14.0. The third kappa shape index (κ3) is 5.34. The molecule has 1 amide bonds. The number of rotatable bonds is 7. The molecule has 1 heterocycles. The van der Waals surface area contributed by atoms with E-state index < -0.39 is 6.10 Å². The molecule has 5 heteroatoms. The number of hydrogen-bond acceptors (Lipinski definition) is 4. The first-order valence-corrected chi connectivity index (χ1v) is 8.60. The molecule has 21 heavy (non-hydrogen) atoms. The highest BCUT2D eigenvalue weighted by Crippen LogP contribution is 2.21. The van der Waals surface area contributed by atoms with Gasteiger partial charge in [-0.25, -0.2) is 0 Å². The number of nitrogens with one attached hydrogen (secondary N) is 1. The van der Waals surface area contributed by atoms with Gasteiger partial charge < -0.3 is 10.4 Å². The predicted molar refractivity (Wildman–Crippen MR) is 87.4 cm³/mol. The minimum Gasteiger partial charge on any atom is -0.388 e. The molecule has 0 spiro atoms. The number of nitrogens with zero attached hydrogens (tertiary/aromatic N) is 1. The molecular formula is C16H24N2O2S. The largest absolute Gasteiger partial charge is 0.388 e. The zero-order chi connectivity index (χ0) is 15.1. The van der Waals surface area contributed by atoms with Crippen molar-refractivity contribution in [2.45, 2.75) is 25.0 Å². The van der Waals surface area contributed by atoms with E-state index in [1.54, 1.807) is 0 Å². The van der Waals surface area contributed by atoms with Gasteiger partial charge in [-0.1, -0.05) is 30.3 Å². The van der Waals surface area contributed by atoms with E-state index in [0.29, 0.717) is 25.6 Å². The van der Waals surface area contributed by atoms with E-state index in [1.165, 1.54) is 12.2 Å². The summed E-state index contributed by atoms with van der Waals surface area (Å²) in [6.45, 7) is 0.939. The summed E-state index contributed by atoms with van der Waals surface area (Å²) in [5.74, 6) is 2.35. The molecule has 1 aromatic rings. The second kappa shape index (κ2) is 8.41. The van der Waals surface area contributed by atoms with Crippen LogP contribution < -0.4 is 5.32 Å². The van der Waals surface area contributed by atoms with Crippen molar-refractivity contribution in [1.82, 2.24) is 10.2 Å². The van der Waals surface area contributed by atoms with Crippen LogP contribution in [0.15, 0.2) is 30.3 Å². The van der Waals surface area contributed by atoms with E-state index in [9.17, 15) is 9.90 Å². The molecule has 4 nitrogen and oxygen atoms in total. The van der Waals surface area contributed by atoms with Crippen LogP contribution in [0.1, 0.15) is 24.5 Å². The molecule has 2 rings (SSSR count). The lowest BCUT2D eigenvalue weighted by atomic mass is 10.1. The fraction of sp³-hybridized carbons (Fsp3) is 0.562. The number of carbonyl (C=O) groups excluding carboxylic acids is 1. The molecule has 0 bridgehead atoms. The highest BCUT2D eigenvalue weighted by Gasteiger charge is 2.21. The van der Waals surface area contributed by atoms with E-state index in [4.69, 9.17) is 0 Å². The van der Waals surface area contributed by atoms with Crippen molar-refractivity contribution >= 4 is 17.7 Å². The average Bonchev–Trinajstić information content (AvgIpc) is 3.02. The van der Waals surface area contributed by atoms with Gasteiger partial charge in [-0.2, -0.15) is 11.8 Å². The van der Waals surface area contributed by atoms with E-state index in [2.05, 4.69) is 10.2 Å². The Kier molecular flexibility index (Phi) is 6.54. The van der Waals surface area contributed by atoms with Crippen molar-refractivity contribution < 1.29 is 9.90 Å². The van der Waals surface area contributed by atoms with Crippen molar-refractivity contribution in [3.63, 3.8) is 0 Å². The number of aliphatic hydroxyl groups excluding tert-OH is 1. The Bertz CT molecular complexity index is 435. The highest BCUT2D eigenvalue weighted by atomic mass is 32.2. The van der Waals surface area contributed by atoms with Crippen LogP contribution >= 0.6 is 11.8 Å². The fourth-order valence-corrected chi connectivity index (χ4v) is 3.77. The Hall–Kier alpha value is -1.04. The van der Waals surface area contributed by atoms with Gasteiger partial charge in [0.1, 0.15) is 0 Å². The smallest absolute Gasteiger partial charge is 0.234 e. The molecule has 1 aliphatic heterocycles. The SMILES string of the molecule is CN(CC(=O)NCCC(O)c1ccccc1)C1CCSC1. The van der Waals surface area contributed by atoms with Gasteiger partial charge in [-0.3, -0.25) is 9.69 Å². The van der Waals surface area contributed by atoms with Crippen LogP contribution in [0.3, 0.4) is 0 Å². The maximum absolute atomic E-state index is 11.9. The standard InChI is InChI=1S/C16H24N2O2S/c1-18(14-8-10-21-12-14)11-16(20)17-9-7-15(19)13-5-3-2-4-6-13/h2-6,14-15,19H,7-12H2,1H3,(H,17,20). The fourth-order valence-electron chi connectivity index (χ4n) is 2.47. The predicted octanol–water partition coefficient (Wildman–Crippen LogP) is 1.66. The van der Waals surface area contributed by atoms with Crippen LogP contribution in [0, 0.1) is 0 Å². The van der Waals surface area contributed by atoms with Crippen molar-refractivity contribution in [3.8, 4) is 0 Å². The molecular weight excluding hydrogens is 284 g/mol. The van der Waals surface area contributed by atoms with Crippen molar-refractivity contribution in [2.24, 2.45) is 0 Å². The van der Waals surface area contributed by atoms with Gasteiger partial charge in [0.15, 0.2) is 0 Å². The topological polar surface area (TPSA) is 52.6 Å². The van der Waals surface area contributed by atoms with Gasteiger partial charge in [0.2, 0.25) is 5.91 Å². The molecule has 2 N–H and O–H groups in total. The summed E-state index contributed by atoms with van der Waals surface area (Å²) in [5.41, 5.74) is 0.895. The minimum absolute atomic E-state index is 0.0367. The van der Waals surface area contributed by atoms with Crippen molar-refractivity contribution in [2.75, 3.05) is 31.6 Å². The molecule has 0 aliphatic carbocycles. The van der Waals surface area contributed by atoms with Crippen LogP contribution in [0.2, 0.25) is 0 Å². The quantitative estimate of drug-likeness (QED) is 0.804. The Morgan fingerprint density at radius 1 is 1.48 bits per heavy atom. The first-order valence-electron chi connectivity index (χ1n) is 7.44. The Balaban J connectivity index is 1.65. The summed E-state index contributed by atoms with van der Waals surface area (Å²) < 4.78 is 0. The average molecular weight is 308 g/mol. The van der Waals surface area contributed by atoms with E-state index >= 15 is 0 Å². The number of likely N-dealkylation sites (N-methyl/N-ethyl adjacent to an activating group) is 1. The normalized spacial score (nSPS) is 19.7. The van der Waals surface area contributed by atoms with Crippen molar-refractivity contribution in [3.05, 3.63) is 35.9 Å². The van der Waals surface area contributed by atoms with Crippen LogP contribution in [0.25, 0.3) is 0 Å². The van der Waals surface area contributed by atoms with Crippen molar-refractivity contribution in [1.29, 1.82) is 0 Å². The lowest BCUT2D eigenvalue weighted by molar-refractivity contribution is -0.122. The molecule has 2 unspecified atom stereocenters. The highest BCUT2D eigenvalue weighted by molar-refractivity contribution is 7.99. The molecule has 1 fully saturated rings. The van der Waals surface area contributed by atoms with Gasteiger partial charge in [0.25, 0.3) is 0 Å². The Labute approximate surface area is 130 Å². The summed E-state index contributed by atoms with van der Waals surface area (Å²) >= 11 is 1.95. The molecule has 0 radical (unpaired) electrons. The van der Waals surface area contributed by atoms with Gasteiger partial charge in [0, 0.05) is 18.3 Å². The van der Waals surface area contributed by atoms with Crippen LogP contribution in [0.4, 0.5) is 0 Å². The second-order valence-corrected chi connectivity index (χ2v) is 6.65. The zero-order valence-corrected chi connectivity index (χ0v) is 13.3. The van der Waals surface area contributed by atoms with Gasteiger partial charge in [-0.15, -0.1) is 0 Å². The van der Waals surface area contributed by atoms with Gasteiger partial charge >= 0.3 is 0 Å². The first-order chi connectivity index (χ1) is 10.2. The molecule has 0 saturated carbocycles. The molecule has 116 valence electrons. The number of amides is 1. The van der Waals surface area contributed by atoms with Gasteiger partial charge in [0.05, 0.1) is 12.6 Å². The number of hydrogen-bond donors (Lipinski definition) is 2. The van der Waals surface area contributed by atoms with E-state index in [-0.39, 0.29) is 5.91 Å². The number of carbonyl (C=O) groups is 1. The molecule has 0 aromatic heterocycles. The Morgan fingerprint density at radius 2 is 2.24 bits per heavy atom.